The summed E-state index contributed by atoms with van der Waals surface area (Å²) < 4.78 is 4.93. The molecule has 0 spiro atoms. The number of carbonyl (C=O) groups excluding carboxylic acids is 1. The molecule has 0 saturated carbocycles. The molecule has 17 heavy (non-hydrogen) atoms. The predicted octanol–water partition coefficient (Wildman–Crippen LogP) is 0.579. The average Bonchev–Trinajstić information content (AvgIpc) is 2.30. The van der Waals surface area contributed by atoms with Crippen LogP contribution in [-0.4, -0.2) is 30.7 Å². The van der Waals surface area contributed by atoms with Gasteiger partial charge in [0.25, 0.3) is 5.91 Å². The lowest BCUT2D eigenvalue weighted by molar-refractivity contribution is -0.144. The van der Waals surface area contributed by atoms with E-state index >= 15 is 0 Å². The molecule has 0 radical (unpaired) electrons. The van der Waals surface area contributed by atoms with Crippen molar-refractivity contribution in [3.05, 3.63) is 35.4 Å². The number of hydrogen-bond acceptors (Lipinski definition) is 4. The minimum absolute atomic E-state index is 0.384. The fourth-order valence-electron chi connectivity index (χ4n) is 1.14. The summed E-state index contributed by atoms with van der Waals surface area (Å²) in [6.07, 6.45) is 0. The standard InChI is InChI=1S/C11H13NO5/c1-16-6-8-2-4-9(5-3-8)11(15)12-17-7-10(13)14/h2-5H,6-7H2,1H3,(H,12,15)(H,13,14). The minimum Gasteiger partial charge on any atom is -0.479 e. The molecule has 0 aliphatic carbocycles. The third-order valence-corrected chi connectivity index (χ3v) is 1.89. The Morgan fingerprint density at radius 3 is 2.47 bits per heavy atom. The van der Waals surface area contributed by atoms with E-state index < -0.39 is 18.5 Å². The number of aliphatic carboxylic acids is 1. The van der Waals surface area contributed by atoms with Crippen molar-refractivity contribution in [2.45, 2.75) is 6.61 Å². The van der Waals surface area contributed by atoms with Crippen LogP contribution in [0.3, 0.4) is 0 Å². The van der Waals surface area contributed by atoms with Gasteiger partial charge in [0, 0.05) is 12.7 Å². The molecule has 0 saturated heterocycles. The van der Waals surface area contributed by atoms with Gasteiger partial charge in [-0.25, -0.2) is 10.3 Å². The summed E-state index contributed by atoms with van der Waals surface area (Å²) in [5.41, 5.74) is 3.36. The number of carbonyl (C=O) groups is 2. The van der Waals surface area contributed by atoms with Crippen molar-refractivity contribution in [2.75, 3.05) is 13.7 Å². The van der Waals surface area contributed by atoms with Gasteiger partial charge in [-0.1, -0.05) is 12.1 Å². The van der Waals surface area contributed by atoms with Crippen LogP contribution in [0.1, 0.15) is 15.9 Å². The molecule has 0 bridgehead atoms. The zero-order valence-electron chi connectivity index (χ0n) is 9.30. The maximum Gasteiger partial charge on any atom is 0.332 e. The van der Waals surface area contributed by atoms with Crippen molar-refractivity contribution in [2.24, 2.45) is 0 Å². The lowest BCUT2D eigenvalue weighted by Crippen LogP contribution is -2.26. The van der Waals surface area contributed by atoms with E-state index in [0.717, 1.165) is 5.56 Å². The highest BCUT2D eigenvalue weighted by Crippen LogP contribution is 2.05. The first-order valence-electron chi connectivity index (χ1n) is 4.85. The molecule has 1 rings (SSSR count). The van der Waals surface area contributed by atoms with E-state index in [1.807, 2.05) is 5.48 Å². The first-order chi connectivity index (χ1) is 8.13. The molecule has 2 N–H and O–H groups in total. The van der Waals surface area contributed by atoms with Crippen molar-refractivity contribution in [1.29, 1.82) is 0 Å². The van der Waals surface area contributed by atoms with Gasteiger partial charge in [0.2, 0.25) is 0 Å². The van der Waals surface area contributed by atoms with E-state index in [4.69, 9.17) is 9.84 Å². The Balaban J connectivity index is 2.48. The molecular formula is C11H13NO5. The summed E-state index contributed by atoms with van der Waals surface area (Å²) in [5, 5.41) is 8.30. The maximum atomic E-state index is 11.4. The van der Waals surface area contributed by atoms with Crippen LogP contribution < -0.4 is 5.48 Å². The van der Waals surface area contributed by atoms with Gasteiger partial charge in [-0.2, -0.15) is 0 Å². The second kappa shape index (κ2) is 6.62. The molecule has 0 aliphatic heterocycles. The number of ether oxygens (including phenoxy) is 1. The number of nitrogens with one attached hydrogen (secondary N) is 1. The summed E-state index contributed by atoms with van der Waals surface area (Å²) >= 11 is 0. The van der Waals surface area contributed by atoms with Crippen LogP contribution in [0.2, 0.25) is 0 Å². The Morgan fingerprint density at radius 2 is 1.94 bits per heavy atom. The third-order valence-electron chi connectivity index (χ3n) is 1.89. The molecule has 1 aromatic carbocycles. The van der Waals surface area contributed by atoms with Crippen LogP contribution in [-0.2, 0) is 21.0 Å². The van der Waals surface area contributed by atoms with Crippen LogP contribution in [0, 0.1) is 0 Å². The first-order valence-corrected chi connectivity index (χ1v) is 4.85. The number of carboxylic acid groups (broad SMARTS) is 1. The molecule has 6 nitrogen and oxygen atoms in total. The maximum absolute atomic E-state index is 11.4. The highest BCUT2D eigenvalue weighted by atomic mass is 16.7. The van der Waals surface area contributed by atoms with Gasteiger partial charge in [-0.05, 0) is 17.7 Å². The average molecular weight is 239 g/mol. The topological polar surface area (TPSA) is 84.9 Å². The van der Waals surface area contributed by atoms with E-state index in [9.17, 15) is 9.59 Å². The molecular weight excluding hydrogens is 226 g/mol. The number of methoxy groups -OCH3 is 1. The smallest absolute Gasteiger partial charge is 0.332 e. The molecule has 0 atom stereocenters. The van der Waals surface area contributed by atoms with Gasteiger partial charge in [-0.3, -0.25) is 9.63 Å². The van der Waals surface area contributed by atoms with Crippen molar-refractivity contribution >= 4 is 11.9 Å². The van der Waals surface area contributed by atoms with E-state index in [0.29, 0.717) is 12.2 Å². The Labute approximate surface area is 98.1 Å². The molecule has 0 heterocycles. The number of benzene rings is 1. The second-order valence-electron chi connectivity index (χ2n) is 3.24. The third kappa shape index (κ3) is 4.62. The molecule has 1 aromatic rings. The second-order valence-corrected chi connectivity index (χ2v) is 3.24. The number of amides is 1. The van der Waals surface area contributed by atoms with Crippen molar-refractivity contribution in [3.63, 3.8) is 0 Å². The number of hydroxylamine groups is 1. The van der Waals surface area contributed by atoms with Crippen molar-refractivity contribution < 1.29 is 24.3 Å². The van der Waals surface area contributed by atoms with Crippen molar-refractivity contribution in [3.8, 4) is 0 Å². The summed E-state index contributed by atoms with van der Waals surface area (Å²) in [6.45, 7) is -0.106. The van der Waals surface area contributed by atoms with Gasteiger partial charge in [0.1, 0.15) is 0 Å². The van der Waals surface area contributed by atoms with Gasteiger partial charge in [0.05, 0.1) is 6.61 Å². The van der Waals surface area contributed by atoms with E-state index in [1.165, 1.54) is 0 Å². The van der Waals surface area contributed by atoms with Gasteiger partial charge in [-0.15, -0.1) is 0 Å². The molecule has 0 aliphatic rings. The summed E-state index contributed by atoms with van der Waals surface area (Å²) in [6, 6.07) is 6.70. The lowest BCUT2D eigenvalue weighted by atomic mass is 10.1. The van der Waals surface area contributed by atoms with Gasteiger partial charge < -0.3 is 9.84 Å². The number of hydrogen-bond donors (Lipinski definition) is 2. The largest absolute Gasteiger partial charge is 0.479 e. The van der Waals surface area contributed by atoms with Gasteiger partial charge >= 0.3 is 5.97 Å². The summed E-state index contributed by atoms with van der Waals surface area (Å²) in [4.78, 5) is 26.0. The summed E-state index contributed by atoms with van der Waals surface area (Å²) in [5.74, 6) is -1.64. The fourth-order valence-corrected chi connectivity index (χ4v) is 1.14. The Hall–Kier alpha value is -1.92. The predicted molar refractivity (Wildman–Crippen MR) is 58.2 cm³/mol. The highest BCUT2D eigenvalue weighted by molar-refractivity contribution is 5.93. The zero-order chi connectivity index (χ0) is 12.7. The van der Waals surface area contributed by atoms with Crippen molar-refractivity contribution in [1.82, 2.24) is 5.48 Å². The minimum atomic E-state index is -1.15. The molecule has 1 amide bonds. The number of carboxylic acids is 1. The molecule has 0 unspecified atom stereocenters. The Morgan fingerprint density at radius 1 is 1.29 bits per heavy atom. The van der Waals surface area contributed by atoms with E-state index in [-0.39, 0.29) is 0 Å². The van der Waals surface area contributed by atoms with Crippen LogP contribution in [0.15, 0.2) is 24.3 Å². The van der Waals surface area contributed by atoms with Crippen LogP contribution in [0.25, 0.3) is 0 Å². The first kappa shape index (κ1) is 13.1. The Bertz CT molecular complexity index is 387. The molecule has 6 heteroatoms. The molecule has 0 fully saturated rings. The van der Waals surface area contributed by atoms with Crippen LogP contribution >= 0.6 is 0 Å². The van der Waals surface area contributed by atoms with E-state index in [2.05, 4.69) is 4.84 Å². The fraction of sp³-hybridized carbons (Fsp3) is 0.273. The quantitative estimate of drug-likeness (QED) is 0.709. The zero-order valence-corrected chi connectivity index (χ0v) is 9.30. The normalized spacial score (nSPS) is 9.94. The summed E-state index contributed by atoms with van der Waals surface area (Å²) in [7, 11) is 1.58. The Kier molecular flexibility index (Phi) is 5.12. The van der Waals surface area contributed by atoms with Gasteiger partial charge in [0.15, 0.2) is 6.61 Å². The van der Waals surface area contributed by atoms with Crippen LogP contribution in [0.4, 0.5) is 0 Å². The number of rotatable bonds is 6. The van der Waals surface area contributed by atoms with Crippen LogP contribution in [0.5, 0.6) is 0 Å². The monoisotopic (exact) mass is 239 g/mol. The molecule has 0 aromatic heterocycles. The SMILES string of the molecule is COCc1ccc(C(=O)NOCC(=O)O)cc1. The van der Waals surface area contributed by atoms with E-state index in [1.54, 1.807) is 31.4 Å². The highest BCUT2D eigenvalue weighted by Gasteiger charge is 2.06. The molecule has 92 valence electrons. The lowest BCUT2D eigenvalue weighted by Gasteiger charge is -2.04.